The highest BCUT2D eigenvalue weighted by molar-refractivity contribution is 5.55. The molecule has 0 spiro atoms. The van der Waals surface area contributed by atoms with Gasteiger partial charge >= 0.3 is 0 Å². The number of hydrogen-bond acceptors (Lipinski definition) is 3. The summed E-state index contributed by atoms with van der Waals surface area (Å²) in [5.41, 5.74) is 1.90. The van der Waals surface area contributed by atoms with Gasteiger partial charge in [-0.3, -0.25) is 0 Å². The maximum Gasteiger partial charge on any atom is 0.0946 e. The van der Waals surface area contributed by atoms with Crippen molar-refractivity contribution in [3.63, 3.8) is 0 Å². The minimum atomic E-state index is 0.561. The van der Waals surface area contributed by atoms with Gasteiger partial charge in [-0.05, 0) is 6.07 Å². The first-order valence-electron chi connectivity index (χ1n) is 4.00. The van der Waals surface area contributed by atoms with E-state index in [-0.39, 0.29) is 0 Å². The van der Waals surface area contributed by atoms with Gasteiger partial charge in [-0.15, -0.1) is 0 Å². The molecule has 68 valence electrons. The molecule has 0 aliphatic carbocycles. The lowest BCUT2D eigenvalue weighted by molar-refractivity contribution is 0.185. The highest BCUT2D eigenvalue weighted by Gasteiger charge is 1.97. The third-order valence-electron chi connectivity index (χ3n) is 1.56. The summed E-state index contributed by atoms with van der Waals surface area (Å²) in [6, 6.07) is 10.3. The van der Waals surface area contributed by atoms with E-state index in [9.17, 15) is 0 Å². The van der Waals surface area contributed by atoms with Gasteiger partial charge < -0.3 is 4.74 Å². The summed E-state index contributed by atoms with van der Waals surface area (Å²) in [7, 11) is 3.30. The van der Waals surface area contributed by atoms with Crippen LogP contribution in [-0.4, -0.2) is 20.2 Å². The van der Waals surface area contributed by atoms with Gasteiger partial charge in [-0.25, -0.2) is 4.99 Å². The van der Waals surface area contributed by atoms with Crippen molar-refractivity contribution in [1.82, 2.24) is 0 Å². The molecule has 0 fully saturated rings. The number of nitrogens with zero attached hydrogens (tertiary/aromatic N) is 2. The van der Waals surface area contributed by atoms with Crippen LogP contribution in [0.25, 0.3) is 0 Å². The molecule has 0 aromatic heterocycles. The molecule has 3 heteroatoms. The van der Waals surface area contributed by atoms with Crippen LogP contribution in [-0.2, 0) is 11.3 Å². The van der Waals surface area contributed by atoms with Crippen molar-refractivity contribution in [3.8, 4) is 0 Å². The van der Waals surface area contributed by atoms with Crippen LogP contribution < -0.4 is 0 Å². The van der Waals surface area contributed by atoms with Crippen LogP contribution in [0.1, 0.15) is 5.56 Å². The zero-order valence-electron chi connectivity index (χ0n) is 7.82. The van der Waals surface area contributed by atoms with Crippen molar-refractivity contribution in [3.05, 3.63) is 29.8 Å². The third-order valence-corrected chi connectivity index (χ3v) is 1.56. The van der Waals surface area contributed by atoms with E-state index in [2.05, 4.69) is 16.0 Å². The molecule has 3 nitrogen and oxygen atoms in total. The van der Waals surface area contributed by atoms with E-state index < -0.39 is 0 Å². The molecule has 1 aromatic carbocycles. The first-order valence-corrected chi connectivity index (χ1v) is 4.00. The second kappa shape index (κ2) is 5.25. The molecule has 0 amide bonds. The first-order chi connectivity index (χ1) is 6.38. The van der Waals surface area contributed by atoms with Crippen LogP contribution >= 0.6 is 0 Å². The van der Waals surface area contributed by atoms with Crippen molar-refractivity contribution < 1.29 is 4.74 Å². The Morgan fingerprint density at radius 3 is 2.85 bits per heavy atom. The van der Waals surface area contributed by atoms with Crippen LogP contribution in [0.15, 0.2) is 34.3 Å². The van der Waals surface area contributed by atoms with Crippen LogP contribution in [0.4, 0.5) is 5.69 Å². The standard InChI is InChI=1S/C10H12N2O/c1-11-8-12-10-6-4-3-5-9(10)7-13-2/h3-6H,7H2,1-2H3. The minimum Gasteiger partial charge on any atom is -0.380 e. The molecule has 0 aliphatic heterocycles. The molecular formula is C10H12N2O. The van der Waals surface area contributed by atoms with Gasteiger partial charge in [0.1, 0.15) is 0 Å². The second-order valence-corrected chi connectivity index (χ2v) is 2.50. The fourth-order valence-corrected chi connectivity index (χ4v) is 1.00. The zero-order chi connectivity index (χ0) is 9.52. The molecule has 0 aliphatic rings. The van der Waals surface area contributed by atoms with Crippen molar-refractivity contribution >= 4 is 11.7 Å². The Morgan fingerprint density at radius 2 is 2.15 bits per heavy atom. The highest BCUT2D eigenvalue weighted by Crippen LogP contribution is 2.18. The lowest BCUT2D eigenvalue weighted by Crippen LogP contribution is -1.86. The van der Waals surface area contributed by atoms with Crippen molar-refractivity contribution in [2.45, 2.75) is 6.61 Å². The Kier molecular flexibility index (Phi) is 3.89. The molecule has 0 atom stereocenters. The second-order valence-electron chi connectivity index (χ2n) is 2.50. The first kappa shape index (κ1) is 9.65. The van der Waals surface area contributed by atoms with E-state index in [0.29, 0.717) is 6.61 Å². The predicted molar refractivity (Wildman–Crippen MR) is 52.6 cm³/mol. The molecule has 0 saturated heterocycles. The fourth-order valence-electron chi connectivity index (χ4n) is 1.00. The molecule has 0 radical (unpaired) electrons. The van der Waals surface area contributed by atoms with Gasteiger partial charge in [-0.2, -0.15) is 4.99 Å². The average molecular weight is 176 g/mol. The summed E-state index contributed by atoms with van der Waals surface area (Å²) in [6.07, 6.45) is 0. The van der Waals surface area contributed by atoms with Crippen LogP contribution in [0.3, 0.4) is 0 Å². The Morgan fingerprint density at radius 1 is 1.38 bits per heavy atom. The van der Waals surface area contributed by atoms with Gasteiger partial charge in [-0.1, -0.05) is 18.2 Å². The van der Waals surface area contributed by atoms with Crippen LogP contribution in [0.5, 0.6) is 0 Å². The maximum atomic E-state index is 5.03. The molecule has 0 unspecified atom stereocenters. The molecule has 0 saturated carbocycles. The third kappa shape index (κ3) is 2.82. The molecule has 1 aromatic rings. The van der Waals surface area contributed by atoms with Gasteiger partial charge in [0, 0.05) is 19.7 Å². The van der Waals surface area contributed by atoms with Crippen LogP contribution in [0, 0.1) is 0 Å². The molecule has 0 bridgehead atoms. The summed E-state index contributed by atoms with van der Waals surface area (Å²) in [6.45, 7) is 0.561. The Bertz CT molecular complexity index is 327. The summed E-state index contributed by atoms with van der Waals surface area (Å²) in [5, 5.41) is 0. The summed E-state index contributed by atoms with van der Waals surface area (Å²) >= 11 is 0. The van der Waals surface area contributed by atoms with Crippen molar-refractivity contribution in [2.24, 2.45) is 9.98 Å². The number of rotatable bonds is 3. The SMILES string of the molecule is CN=C=Nc1ccccc1COC. The van der Waals surface area contributed by atoms with E-state index in [4.69, 9.17) is 4.74 Å². The van der Waals surface area contributed by atoms with E-state index >= 15 is 0 Å². The van der Waals surface area contributed by atoms with Crippen molar-refractivity contribution in [1.29, 1.82) is 0 Å². The lowest BCUT2D eigenvalue weighted by Gasteiger charge is -2.01. The smallest absolute Gasteiger partial charge is 0.0946 e. The average Bonchev–Trinajstić information content (AvgIpc) is 2.17. The maximum absolute atomic E-state index is 5.03. The van der Waals surface area contributed by atoms with Gasteiger partial charge in [0.2, 0.25) is 0 Å². The molecular weight excluding hydrogens is 164 g/mol. The number of hydrogen-bond donors (Lipinski definition) is 0. The number of benzene rings is 1. The number of methoxy groups -OCH3 is 1. The monoisotopic (exact) mass is 176 g/mol. The zero-order valence-corrected chi connectivity index (χ0v) is 7.82. The molecule has 13 heavy (non-hydrogen) atoms. The van der Waals surface area contributed by atoms with Crippen molar-refractivity contribution in [2.75, 3.05) is 14.2 Å². The Labute approximate surface area is 77.8 Å². The summed E-state index contributed by atoms with van der Waals surface area (Å²) in [5.74, 6) is 0. The lowest BCUT2D eigenvalue weighted by atomic mass is 10.2. The fraction of sp³-hybridized carbons (Fsp3) is 0.300. The van der Waals surface area contributed by atoms with E-state index in [1.165, 1.54) is 0 Å². The number of ether oxygens (including phenoxy) is 1. The Hall–Kier alpha value is -1.44. The molecule has 0 N–H and O–H groups in total. The summed E-state index contributed by atoms with van der Waals surface area (Å²) < 4.78 is 5.03. The topological polar surface area (TPSA) is 34.0 Å². The quantitative estimate of drug-likeness (QED) is 0.650. The largest absolute Gasteiger partial charge is 0.380 e. The summed E-state index contributed by atoms with van der Waals surface area (Å²) in [4.78, 5) is 7.72. The normalized spacial score (nSPS) is 9.08. The van der Waals surface area contributed by atoms with E-state index in [1.807, 2.05) is 24.3 Å². The van der Waals surface area contributed by atoms with Crippen LogP contribution in [0.2, 0.25) is 0 Å². The van der Waals surface area contributed by atoms with Gasteiger partial charge in [0.25, 0.3) is 0 Å². The van der Waals surface area contributed by atoms with E-state index in [0.717, 1.165) is 11.3 Å². The van der Waals surface area contributed by atoms with E-state index in [1.54, 1.807) is 14.2 Å². The van der Waals surface area contributed by atoms with Gasteiger partial charge in [0.15, 0.2) is 0 Å². The number of aliphatic imine (C=N–C) groups is 2. The van der Waals surface area contributed by atoms with Gasteiger partial charge in [0.05, 0.1) is 18.3 Å². The number of para-hydroxylation sites is 1. The predicted octanol–water partition coefficient (Wildman–Crippen LogP) is 2.27. The molecule has 1 rings (SSSR count). The highest BCUT2D eigenvalue weighted by atomic mass is 16.5. The molecule has 0 heterocycles. The minimum absolute atomic E-state index is 0.561. The Balaban J connectivity index is 2.97.